The van der Waals surface area contributed by atoms with E-state index in [1.807, 2.05) is 0 Å². The molecule has 0 radical (unpaired) electrons. The molecule has 1 aliphatic heterocycles. The Morgan fingerprint density at radius 2 is 2.00 bits per heavy atom. The minimum atomic E-state index is 0.0438. The molecule has 2 aliphatic rings. The second-order valence-corrected chi connectivity index (χ2v) is 8.27. The molecule has 0 amide bonds. The topological polar surface area (TPSA) is 46.7 Å². The van der Waals surface area contributed by atoms with Crippen LogP contribution in [0.2, 0.25) is 0 Å². The first-order valence-corrected chi connectivity index (χ1v) is 11.0. The van der Waals surface area contributed by atoms with Crippen LogP contribution in [0, 0.1) is 0 Å². The van der Waals surface area contributed by atoms with Gasteiger partial charge in [0.1, 0.15) is 11.9 Å². The van der Waals surface area contributed by atoms with Crippen LogP contribution >= 0.6 is 0 Å². The number of hydrogen-bond donors (Lipinski definition) is 1. The Hall–Kier alpha value is -2.08. The molecule has 30 heavy (non-hydrogen) atoms. The van der Waals surface area contributed by atoms with Crippen molar-refractivity contribution in [2.45, 2.75) is 44.2 Å². The summed E-state index contributed by atoms with van der Waals surface area (Å²) in [5.41, 5.74) is 5.62. The molecule has 2 atom stereocenters. The summed E-state index contributed by atoms with van der Waals surface area (Å²) in [6.07, 6.45) is 9.80. The molecule has 1 aromatic carbocycles. The standard InChI is InChI=1S/C25H34N2O3/c1-28-15-14-27-13-12-18-9-11-24(29-2)25(30-3)16-21(18)23(27)10-8-19-17-26-22-7-5-4-6-20(19)22/h4-7,16-17,23-24,26H,8-15H2,1-3H3/t23-,24?/m0/s1. The number of fused-ring (bicyclic) bond motifs is 1. The number of nitrogens with zero attached hydrogens (tertiary/aromatic N) is 1. The lowest BCUT2D eigenvalue weighted by atomic mass is 9.87. The zero-order chi connectivity index (χ0) is 20.9. The second kappa shape index (κ2) is 9.82. The van der Waals surface area contributed by atoms with Crippen LogP contribution in [0.5, 0.6) is 0 Å². The zero-order valence-electron chi connectivity index (χ0n) is 18.4. The fraction of sp³-hybridized carbons (Fsp3) is 0.520. The van der Waals surface area contributed by atoms with Crippen LogP contribution in [0.3, 0.4) is 0 Å². The van der Waals surface area contributed by atoms with Crippen LogP contribution in [0.4, 0.5) is 0 Å². The van der Waals surface area contributed by atoms with Crippen LogP contribution in [0.15, 0.2) is 53.4 Å². The van der Waals surface area contributed by atoms with Crippen molar-refractivity contribution in [3.63, 3.8) is 0 Å². The quantitative estimate of drug-likeness (QED) is 0.698. The van der Waals surface area contributed by atoms with Crippen molar-refractivity contribution in [1.82, 2.24) is 9.88 Å². The van der Waals surface area contributed by atoms with Gasteiger partial charge in [-0.25, -0.2) is 0 Å². The van der Waals surface area contributed by atoms with Gasteiger partial charge in [-0.15, -0.1) is 0 Å². The minimum Gasteiger partial charge on any atom is -0.498 e. The molecule has 5 heteroatoms. The number of nitrogens with one attached hydrogen (secondary N) is 1. The SMILES string of the molecule is COCCN1CCC2=C(C=C(OC)C(OC)CC2)[C@@H]1CCc1c[nH]c2ccccc12. The van der Waals surface area contributed by atoms with Crippen LogP contribution in [0.25, 0.3) is 10.9 Å². The number of aromatic amines is 1. The summed E-state index contributed by atoms with van der Waals surface area (Å²) in [4.78, 5) is 6.01. The van der Waals surface area contributed by atoms with Gasteiger partial charge in [0.2, 0.25) is 0 Å². The smallest absolute Gasteiger partial charge is 0.125 e. The molecule has 2 heterocycles. The van der Waals surface area contributed by atoms with E-state index in [4.69, 9.17) is 14.2 Å². The van der Waals surface area contributed by atoms with Gasteiger partial charge in [0.15, 0.2) is 0 Å². The molecule has 5 nitrogen and oxygen atoms in total. The molecular formula is C25H34N2O3. The van der Waals surface area contributed by atoms with E-state index in [1.54, 1.807) is 26.9 Å². The summed E-state index contributed by atoms with van der Waals surface area (Å²) in [5, 5.41) is 1.33. The van der Waals surface area contributed by atoms with Gasteiger partial charge in [0, 0.05) is 50.5 Å². The predicted molar refractivity (Wildman–Crippen MR) is 121 cm³/mol. The number of para-hydroxylation sites is 1. The third-order valence-corrected chi connectivity index (χ3v) is 6.70. The Kier molecular flexibility index (Phi) is 6.93. The first kappa shape index (κ1) is 21.2. The van der Waals surface area contributed by atoms with E-state index in [0.717, 1.165) is 57.6 Å². The van der Waals surface area contributed by atoms with E-state index >= 15 is 0 Å². The summed E-state index contributed by atoms with van der Waals surface area (Å²) in [7, 11) is 5.32. The highest BCUT2D eigenvalue weighted by molar-refractivity contribution is 5.83. The number of methoxy groups -OCH3 is 3. The predicted octanol–water partition coefficient (Wildman–Crippen LogP) is 4.46. The van der Waals surface area contributed by atoms with Crippen molar-refractivity contribution >= 4 is 10.9 Å². The first-order valence-electron chi connectivity index (χ1n) is 11.0. The molecule has 0 fully saturated rings. The third-order valence-electron chi connectivity index (χ3n) is 6.70. The van der Waals surface area contributed by atoms with Crippen molar-refractivity contribution in [2.24, 2.45) is 0 Å². The highest BCUT2D eigenvalue weighted by atomic mass is 16.5. The lowest BCUT2D eigenvalue weighted by molar-refractivity contribution is 0.0738. The summed E-state index contributed by atoms with van der Waals surface area (Å²) >= 11 is 0. The van der Waals surface area contributed by atoms with Crippen LogP contribution < -0.4 is 0 Å². The van der Waals surface area contributed by atoms with Gasteiger partial charge in [-0.1, -0.05) is 23.8 Å². The first-order chi connectivity index (χ1) is 14.7. The van der Waals surface area contributed by atoms with E-state index in [0.29, 0.717) is 6.04 Å². The molecule has 4 rings (SSSR count). The number of H-pyrrole nitrogens is 1. The van der Waals surface area contributed by atoms with Gasteiger partial charge in [0.25, 0.3) is 0 Å². The number of aromatic nitrogens is 1. The number of ether oxygens (including phenoxy) is 3. The Morgan fingerprint density at radius 1 is 1.13 bits per heavy atom. The number of benzene rings is 1. The molecule has 0 spiro atoms. The van der Waals surface area contributed by atoms with E-state index < -0.39 is 0 Å². The number of rotatable bonds is 8. The molecule has 1 N–H and O–H groups in total. The maximum Gasteiger partial charge on any atom is 0.125 e. The monoisotopic (exact) mass is 410 g/mol. The lowest BCUT2D eigenvalue weighted by Crippen LogP contribution is -2.43. The van der Waals surface area contributed by atoms with Gasteiger partial charge < -0.3 is 19.2 Å². The molecule has 1 aliphatic carbocycles. The van der Waals surface area contributed by atoms with Gasteiger partial charge in [-0.2, -0.15) is 0 Å². The summed E-state index contributed by atoms with van der Waals surface area (Å²) in [6.45, 7) is 2.80. The Balaban J connectivity index is 1.62. The third kappa shape index (κ3) is 4.34. The maximum absolute atomic E-state index is 5.75. The zero-order valence-corrected chi connectivity index (χ0v) is 18.4. The van der Waals surface area contributed by atoms with E-state index in [-0.39, 0.29) is 6.10 Å². The molecule has 0 bridgehead atoms. The Labute approximate surface area is 179 Å². The molecule has 0 saturated heterocycles. The molecule has 2 aromatic rings. The van der Waals surface area contributed by atoms with Gasteiger partial charge in [0.05, 0.1) is 13.7 Å². The van der Waals surface area contributed by atoms with E-state index in [2.05, 4.69) is 46.4 Å². The normalized spacial score (nSPS) is 22.7. The molecule has 162 valence electrons. The minimum absolute atomic E-state index is 0.0438. The highest BCUT2D eigenvalue weighted by Crippen LogP contribution is 2.36. The second-order valence-electron chi connectivity index (χ2n) is 8.27. The van der Waals surface area contributed by atoms with Crippen molar-refractivity contribution in [2.75, 3.05) is 41.0 Å². The van der Waals surface area contributed by atoms with Gasteiger partial charge in [-0.05, 0) is 55.4 Å². The number of aryl methyl sites for hydroxylation is 1. The van der Waals surface area contributed by atoms with Crippen molar-refractivity contribution < 1.29 is 14.2 Å². The number of hydrogen-bond acceptors (Lipinski definition) is 4. The molecule has 1 aromatic heterocycles. The van der Waals surface area contributed by atoms with Gasteiger partial charge in [-0.3, -0.25) is 4.90 Å². The van der Waals surface area contributed by atoms with Crippen LogP contribution in [-0.2, 0) is 20.6 Å². The van der Waals surface area contributed by atoms with E-state index in [1.165, 1.54) is 22.0 Å². The average Bonchev–Trinajstić information content (AvgIpc) is 3.10. The largest absolute Gasteiger partial charge is 0.498 e. The van der Waals surface area contributed by atoms with Crippen molar-refractivity contribution in [3.8, 4) is 0 Å². The molecule has 0 saturated carbocycles. The molecule has 1 unspecified atom stereocenters. The Bertz CT molecular complexity index is 914. The molecular weight excluding hydrogens is 376 g/mol. The van der Waals surface area contributed by atoms with Gasteiger partial charge >= 0.3 is 0 Å². The Morgan fingerprint density at radius 3 is 2.80 bits per heavy atom. The fourth-order valence-electron chi connectivity index (χ4n) is 5.04. The summed E-state index contributed by atoms with van der Waals surface area (Å²) in [5.74, 6) is 0.952. The summed E-state index contributed by atoms with van der Waals surface area (Å²) < 4.78 is 16.9. The summed E-state index contributed by atoms with van der Waals surface area (Å²) in [6, 6.07) is 8.94. The van der Waals surface area contributed by atoms with Crippen LogP contribution in [-0.4, -0.2) is 63.1 Å². The van der Waals surface area contributed by atoms with E-state index in [9.17, 15) is 0 Å². The highest BCUT2D eigenvalue weighted by Gasteiger charge is 2.32. The van der Waals surface area contributed by atoms with Crippen molar-refractivity contribution in [3.05, 3.63) is 59.0 Å². The average molecular weight is 411 g/mol. The van der Waals surface area contributed by atoms with Crippen molar-refractivity contribution in [1.29, 1.82) is 0 Å². The lowest BCUT2D eigenvalue weighted by Gasteiger charge is -2.38. The fourth-order valence-corrected chi connectivity index (χ4v) is 5.04. The van der Waals surface area contributed by atoms with Crippen LogP contribution in [0.1, 0.15) is 31.2 Å². The maximum atomic E-state index is 5.75.